The molecule has 4 rings (SSSR count). The van der Waals surface area contributed by atoms with Crippen molar-refractivity contribution in [1.82, 2.24) is 14.5 Å². The number of nitrogens with one attached hydrogen (secondary N) is 1. The van der Waals surface area contributed by atoms with Crippen molar-refractivity contribution in [2.45, 2.75) is 30.6 Å². The number of sulfonamides is 1. The van der Waals surface area contributed by atoms with Gasteiger partial charge in [0.1, 0.15) is 10.8 Å². The first-order chi connectivity index (χ1) is 14.8. The molecule has 2 heterocycles. The van der Waals surface area contributed by atoms with Crippen LogP contribution in [0.5, 0.6) is 0 Å². The van der Waals surface area contributed by atoms with Crippen molar-refractivity contribution in [3.8, 4) is 0 Å². The first kappa shape index (κ1) is 21.5. The fourth-order valence-corrected chi connectivity index (χ4v) is 5.82. The second kappa shape index (κ2) is 8.81. The van der Waals surface area contributed by atoms with Crippen molar-refractivity contribution in [1.29, 1.82) is 0 Å². The standard InChI is InChI=1S/C21H21FN4O3S2/c1-14-4-8-17(9-5-14)23-19(27)21-25-24-20(30-21)15-3-2-12-26(13-15)31(28,29)18-10-6-16(22)7-11-18/h4-11,15H,2-3,12-13H2,1H3,(H,23,27)/t15-/m0/s1. The van der Waals surface area contributed by atoms with Gasteiger partial charge in [-0.25, -0.2) is 12.8 Å². The molecule has 1 amide bonds. The van der Waals surface area contributed by atoms with Gasteiger partial charge in [0.05, 0.1) is 4.90 Å². The van der Waals surface area contributed by atoms with Crippen LogP contribution in [0.15, 0.2) is 53.4 Å². The van der Waals surface area contributed by atoms with Crippen LogP contribution < -0.4 is 5.32 Å². The summed E-state index contributed by atoms with van der Waals surface area (Å²) in [7, 11) is -3.73. The minimum absolute atomic E-state index is 0.0602. The molecule has 1 aromatic heterocycles. The number of hydrogen-bond donors (Lipinski definition) is 1. The zero-order chi connectivity index (χ0) is 22.0. The third kappa shape index (κ3) is 4.81. The molecule has 1 N–H and O–H groups in total. The summed E-state index contributed by atoms with van der Waals surface area (Å²) in [6, 6.07) is 12.2. The summed E-state index contributed by atoms with van der Waals surface area (Å²) < 4.78 is 40.4. The highest BCUT2D eigenvalue weighted by Crippen LogP contribution is 2.32. The van der Waals surface area contributed by atoms with Crippen molar-refractivity contribution in [3.63, 3.8) is 0 Å². The average Bonchev–Trinajstić information content (AvgIpc) is 3.26. The van der Waals surface area contributed by atoms with Gasteiger partial charge in [-0.1, -0.05) is 29.0 Å². The Morgan fingerprint density at radius 3 is 2.55 bits per heavy atom. The fourth-order valence-electron chi connectivity index (χ4n) is 3.43. The van der Waals surface area contributed by atoms with Crippen LogP contribution in [0.3, 0.4) is 0 Å². The van der Waals surface area contributed by atoms with Crippen LogP contribution in [0.4, 0.5) is 10.1 Å². The Balaban J connectivity index is 1.46. The van der Waals surface area contributed by atoms with Crippen molar-refractivity contribution in [2.75, 3.05) is 18.4 Å². The molecule has 1 fully saturated rings. The number of hydrogen-bond acceptors (Lipinski definition) is 6. The van der Waals surface area contributed by atoms with Crippen LogP contribution in [-0.2, 0) is 10.0 Å². The molecule has 2 aromatic carbocycles. The second-order valence-corrected chi connectivity index (χ2v) is 10.4. The van der Waals surface area contributed by atoms with E-state index in [1.807, 2.05) is 31.2 Å². The van der Waals surface area contributed by atoms with E-state index in [4.69, 9.17) is 0 Å². The number of carbonyl (C=O) groups is 1. The Morgan fingerprint density at radius 1 is 1.13 bits per heavy atom. The number of halogens is 1. The van der Waals surface area contributed by atoms with E-state index in [0.717, 1.165) is 24.1 Å². The molecule has 0 radical (unpaired) electrons. The maximum absolute atomic E-state index is 13.2. The Kier molecular flexibility index (Phi) is 6.12. The first-order valence-electron chi connectivity index (χ1n) is 9.80. The van der Waals surface area contributed by atoms with Crippen molar-refractivity contribution < 1.29 is 17.6 Å². The van der Waals surface area contributed by atoms with Gasteiger partial charge in [0.2, 0.25) is 15.0 Å². The molecule has 0 aliphatic carbocycles. The molecule has 7 nitrogen and oxygen atoms in total. The highest BCUT2D eigenvalue weighted by molar-refractivity contribution is 7.89. The quantitative estimate of drug-likeness (QED) is 0.625. The van der Waals surface area contributed by atoms with E-state index in [1.54, 1.807) is 0 Å². The third-order valence-corrected chi connectivity index (χ3v) is 8.09. The van der Waals surface area contributed by atoms with Crippen LogP contribution in [0.25, 0.3) is 0 Å². The summed E-state index contributed by atoms with van der Waals surface area (Å²) >= 11 is 1.18. The number of anilines is 1. The highest BCUT2D eigenvalue weighted by atomic mass is 32.2. The lowest BCUT2D eigenvalue weighted by atomic mass is 10.0. The maximum Gasteiger partial charge on any atom is 0.286 e. The fraction of sp³-hybridized carbons (Fsp3) is 0.286. The summed E-state index contributed by atoms with van der Waals surface area (Å²) in [4.78, 5) is 12.6. The number of aryl methyl sites for hydroxylation is 1. The van der Waals surface area contributed by atoms with Gasteiger partial charge in [0.15, 0.2) is 0 Å². The Labute approximate surface area is 184 Å². The molecule has 1 saturated heterocycles. The number of amides is 1. The lowest BCUT2D eigenvalue weighted by Crippen LogP contribution is -2.39. The topological polar surface area (TPSA) is 92.3 Å². The lowest BCUT2D eigenvalue weighted by molar-refractivity contribution is 0.102. The molecule has 1 aliphatic rings. The summed E-state index contributed by atoms with van der Waals surface area (Å²) in [5.74, 6) is -0.984. The number of carbonyl (C=O) groups excluding carboxylic acids is 1. The summed E-state index contributed by atoms with van der Waals surface area (Å²) in [5, 5.41) is 11.8. The van der Waals surface area contributed by atoms with E-state index < -0.39 is 15.8 Å². The monoisotopic (exact) mass is 460 g/mol. The molecular weight excluding hydrogens is 439 g/mol. The Morgan fingerprint density at radius 2 is 1.84 bits per heavy atom. The summed E-state index contributed by atoms with van der Waals surface area (Å²) in [6.07, 6.45) is 1.42. The minimum atomic E-state index is -3.73. The Hall–Kier alpha value is -2.69. The van der Waals surface area contributed by atoms with Crippen molar-refractivity contribution in [2.24, 2.45) is 0 Å². The van der Waals surface area contributed by atoms with Crippen LogP contribution in [0.1, 0.15) is 39.1 Å². The first-order valence-corrected chi connectivity index (χ1v) is 12.1. The minimum Gasteiger partial charge on any atom is -0.320 e. The van der Waals surface area contributed by atoms with Gasteiger partial charge in [-0.2, -0.15) is 4.31 Å². The van der Waals surface area contributed by atoms with E-state index in [1.165, 1.54) is 27.8 Å². The molecule has 3 aromatic rings. The van der Waals surface area contributed by atoms with Crippen LogP contribution in [0.2, 0.25) is 0 Å². The average molecular weight is 461 g/mol. The highest BCUT2D eigenvalue weighted by Gasteiger charge is 2.32. The van der Waals surface area contributed by atoms with E-state index in [0.29, 0.717) is 23.7 Å². The smallest absolute Gasteiger partial charge is 0.286 e. The van der Waals surface area contributed by atoms with Gasteiger partial charge in [-0.15, -0.1) is 10.2 Å². The number of piperidine rings is 1. The number of nitrogens with zero attached hydrogens (tertiary/aromatic N) is 3. The number of rotatable bonds is 5. The molecule has 0 unspecified atom stereocenters. The maximum atomic E-state index is 13.2. The van der Waals surface area contributed by atoms with Crippen LogP contribution >= 0.6 is 11.3 Å². The molecule has 0 saturated carbocycles. The molecule has 31 heavy (non-hydrogen) atoms. The van der Waals surface area contributed by atoms with E-state index in [-0.39, 0.29) is 28.3 Å². The lowest BCUT2D eigenvalue weighted by Gasteiger charge is -2.30. The van der Waals surface area contributed by atoms with Crippen LogP contribution in [0, 0.1) is 12.7 Å². The van der Waals surface area contributed by atoms with Gasteiger partial charge < -0.3 is 5.32 Å². The zero-order valence-electron chi connectivity index (χ0n) is 16.8. The van der Waals surface area contributed by atoms with Gasteiger partial charge in [-0.3, -0.25) is 4.79 Å². The van der Waals surface area contributed by atoms with Gasteiger partial charge in [0, 0.05) is 24.7 Å². The predicted octanol–water partition coefficient (Wildman–Crippen LogP) is 3.81. The van der Waals surface area contributed by atoms with Crippen molar-refractivity contribution in [3.05, 3.63) is 69.9 Å². The predicted molar refractivity (Wildman–Crippen MR) is 116 cm³/mol. The Bertz CT molecular complexity index is 1180. The second-order valence-electron chi connectivity index (χ2n) is 7.42. The number of aromatic nitrogens is 2. The third-order valence-electron chi connectivity index (χ3n) is 5.13. The van der Waals surface area contributed by atoms with Gasteiger partial charge in [-0.05, 0) is 56.2 Å². The van der Waals surface area contributed by atoms with E-state index in [2.05, 4.69) is 15.5 Å². The van der Waals surface area contributed by atoms with Gasteiger partial charge >= 0.3 is 0 Å². The summed E-state index contributed by atoms with van der Waals surface area (Å²) in [5.41, 5.74) is 1.76. The molecule has 10 heteroatoms. The normalized spacial score (nSPS) is 17.4. The van der Waals surface area contributed by atoms with Gasteiger partial charge in [0.25, 0.3) is 5.91 Å². The van der Waals surface area contributed by atoms with E-state index in [9.17, 15) is 17.6 Å². The molecular formula is C21H21FN4O3S2. The van der Waals surface area contributed by atoms with E-state index >= 15 is 0 Å². The van der Waals surface area contributed by atoms with Crippen LogP contribution in [-0.4, -0.2) is 41.9 Å². The zero-order valence-corrected chi connectivity index (χ0v) is 18.4. The SMILES string of the molecule is Cc1ccc(NC(=O)c2nnc([C@H]3CCCN(S(=O)(=O)c4ccc(F)cc4)C3)s2)cc1. The molecule has 1 aliphatic heterocycles. The number of benzene rings is 2. The molecule has 0 bridgehead atoms. The van der Waals surface area contributed by atoms with Crippen molar-refractivity contribution >= 4 is 33.0 Å². The molecule has 1 atom stereocenters. The molecule has 0 spiro atoms. The molecule has 162 valence electrons. The summed E-state index contributed by atoms with van der Waals surface area (Å²) in [6.45, 7) is 2.59. The largest absolute Gasteiger partial charge is 0.320 e.